The fourth-order valence-electron chi connectivity index (χ4n) is 3.52. The molecule has 2 aliphatic heterocycles. The molecule has 0 spiro atoms. The molecule has 0 aromatic carbocycles. The molecule has 0 saturated carbocycles. The number of morpholine rings is 1. The summed E-state index contributed by atoms with van der Waals surface area (Å²) in [5.74, 6) is 0.439. The van der Waals surface area contributed by atoms with Gasteiger partial charge in [-0.2, -0.15) is 0 Å². The number of thiophene rings is 1. The Morgan fingerprint density at radius 2 is 2.21 bits per heavy atom. The molecule has 4 heterocycles. The number of hydrogen-bond donors (Lipinski definition) is 1. The van der Waals surface area contributed by atoms with Gasteiger partial charge >= 0.3 is 0 Å². The van der Waals surface area contributed by atoms with Gasteiger partial charge in [-0.15, -0.1) is 11.3 Å². The molecule has 2 unspecified atom stereocenters. The summed E-state index contributed by atoms with van der Waals surface area (Å²) in [5.41, 5.74) is 1.17. The number of amides is 1. The Kier molecular flexibility index (Phi) is 4.39. The second-order valence-electron chi connectivity index (χ2n) is 6.41. The van der Waals surface area contributed by atoms with Gasteiger partial charge in [-0.25, -0.2) is 0 Å². The van der Waals surface area contributed by atoms with E-state index < -0.39 is 0 Å². The summed E-state index contributed by atoms with van der Waals surface area (Å²) in [7, 11) is 0. The van der Waals surface area contributed by atoms with Crippen molar-refractivity contribution >= 4 is 17.2 Å². The standard InChI is InChI=1S/C17H21N3O3S/c1-11-15(16(19-23-11)14-3-2-8-24-14)17(21)18-6-7-20-9-12-4-5-13(10-20)22-12/h2-3,8,12-13H,4-7,9-10H2,1H3,(H,18,21). The largest absolute Gasteiger partial charge is 0.372 e. The summed E-state index contributed by atoms with van der Waals surface area (Å²) in [6.45, 7) is 5.18. The Morgan fingerprint density at radius 1 is 1.42 bits per heavy atom. The molecule has 2 aromatic rings. The number of rotatable bonds is 5. The molecule has 6 nitrogen and oxygen atoms in total. The molecule has 24 heavy (non-hydrogen) atoms. The van der Waals surface area contributed by atoms with Crippen molar-refractivity contribution in [3.8, 4) is 10.6 Å². The molecule has 2 aliphatic rings. The minimum atomic E-state index is -0.117. The van der Waals surface area contributed by atoms with Crippen molar-refractivity contribution in [1.82, 2.24) is 15.4 Å². The second-order valence-corrected chi connectivity index (χ2v) is 7.36. The third kappa shape index (κ3) is 3.11. The van der Waals surface area contributed by atoms with Gasteiger partial charge in [-0.1, -0.05) is 11.2 Å². The maximum Gasteiger partial charge on any atom is 0.257 e. The molecule has 2 fully saturated rings. The van der Waals surface area contributed by atoms with Gasteiger partial charge in [-0.3, -0.25) is 9.69 Å². The van der Waals surface area contributed by atoms with Crippen LogP contribution in [0.3, 0.4) is 0 Å². The maximum absolute atomic E-state index is 12.6. The lowest BCUT2D eigenvalue weighted by molar-refractivity contribution is -0.0375. The fraction of sp³-hybridized carbons (Fsp3) is 0.529. The van der Waals surface area contributed by atoms with Gasteiger partial charge < -0.3 is 14.6 Å². The van der Waals surface area contributed by atoms with Crippen LogP contribution in [0.15, 0.2) is 22.0 Å². The topological polar surface area (TPSA) is 67.6 Å². The number of ether oxygens (including phenoxy) is 1. The van der Waals surface area contributed by atoms with Crippen LogP contribution < -0.4 is 5.32 Å². The van der Waals surface area contributed by atoms with Crippen LogP contribution in [0.25, 0.3) is 10.6 Å². The number of nitrogens with one attached hydrogen (secondary N) is 1. The van der Waals surface area contributed by atoms with Crippen LogP contribution in [0.4, 0.5) is 0 Å². The number of carbonyl (C=O) groups excluding carboxylic acids is 1. The van der Waals surface area contributed by atoms with E-state index in [0.717, 1.165) is 37.4 Å². The van der Waals surface area contributed by atoms with E-state index >= 15 is 0 Å². The van der Waals surface area contributed by atoms with Gasteiger partial charge in [0.1, 0.15) is 17.0 Å². The molecule has 2 bridgehead atoms. The quantitative estimate of drug-likeness (QED) is 0.899. The predicted molar refractivity (Wildman–Crippen MR) is 91.2 cm³/mol. The molecule has 128 valence electrons. The average molecular weight is 347 g/mol. The third-order valence-electron chi connectivity index (χ3n) is 4.68. The number of nitrogens with zero attached hydrogens (tertiary/aromatic N) is 2. The number of fused-ring (bicyclic) bond motifs is 2. The van der Waals surface area contributed by atoms with Crippen LogP contribution in [0, 0.1) is 6.92 Å². The van der Waals surface area contributed by atoms with Crippen molar-refractivity contribution < 1.29 is 14.1 Å². The van der Waals surface area contributed by atoms with Gasteiger partial charge in [0.25, 0.3) is 5.91 Å². The van der Waals surface area contributed by atoms with E-state index in [0.29, 0.717) is 35.8 Å². The minimum absolute atomic E-state index is 0.117. The van der Waals surface area contributed by atoms with E-state index in [1.165, 1.54) is 0 Å². The first kappa shape index (κ1) is 15.8. The van der Waals surface area contributed by atoms with Crippen molar-refractivity contribution in [1.29, 1.82) is 0 Å². The number of hydrogen-bond acceptors (Lipinski definition) is 6. The highest BCUT2D eigenvalue weighted by Gasteiger charge is 2.33. The van der Waals surface area contributed by atoms with Gasteiger partial charge in [-0.05, 0) is 31.2 Å². The number of aromatic nitrogens is 1. The fourth-order valence-corrected chi connectivity index (χ4v) is 4.23. The Balaban J connectivity index is 1.36. The summed E-state index contributed by atoms with van der Waals surface area (Å²) in [5, 5.41) is 9.03. The van der Waals surface area contributed by atoms with E-state index in [-0.39, 0.29) is 5.91 Å². The number of likely N-dealkylation sites (tertiary alicyclic amines) is 1. The molecule has 7 heteroatoms. The van der Waals surface area contributed by atoms with Crippen molar-refractivity contribution in [3.05, 3.63) is 28.8 Å². The van der Waals surface area contributed by atoms with Crippen LogP contribution >= 0.6 is 11.3 Å². The highest BCUT2D eigenvalue weighted by molar-refractivity contribution is 7.13. The summed E-state index contributed by atoms with van der Waals surface area (Å²) < 4.78 is 11.1. The highest BCUT2D eigenvalue weighted by Crippen LogP contribution is 2.29. The van der Waals surface area contributed by atoms with Crippen molar-refractivity contribution in [2.24, 2.45) is 0 Å². The molecule has 1 N–H and O–H groups in total. The zero-order valence-electron chi connectivity index (χ0n) is 13.7. The van der Waals surface area contributed by atoms with E-state index in [1.807, 2.05) is 17.5 Å². The van der Waals surface area contributed by atoms with E-state index in [2.05, 4.69) is 15.4 Å². The maximum atomic E-state index is 12.6. The summed E-state index contributed by atoms with van der Waals surface area (Å²) >= 11 is 1.55. The van der Waals surface area contributed by atoms with Gasteiger partial charge in [0, 0.05) is 26.2 Å². The average Bonchev–Trinajstić information content (AvgIpc) is 3.28. The SMILES string of the molecule is Cc1onc(-c2cccs2)c1C(=O)NCCN1CC2CCC(C1)O2. The minimum Gasteiger partial charge on any atom is -0.372 e. The molecule has 0 radical (unpaired) electrons. The van der Waals surface area contributed by atoms with E-state index in [1.54, 1.807) is 18.3 Å². The molecule has 1 amide bonds. The van der Waals surface area contributed by atoms with Gasteiger partial charge in [0.15, 0.2) is 0 Å². The summed E-state index contributed by atoms with van der Waals surface area (Å²) in [4.78, 5) is 15.9. The molecular weight excluding hydrogens is 326 g/mol. The van der Waals surface area contributed by atoms with E-state index in [4.69, 9.17) is 9.26 Å². The van der Waals surface area contributed by atoms with Crippen molar-refractivity contribution in [2.45, 2.75) is 32.0 Å². The second kappa shape index (κ2) is 6.66. The third-order valence-corrected chi connectivity index (χ3v) is 5.55. The molecule has 4 rings (SSSR count). The van der Waals surface area contributed by atoms with Crippen molar-refractivity contribution in [3.63, 3.8) is 0 Å². The number of aryl methyl sites for hydroxylation is 1. The van der Waals surface area contributed by atoms with Crippen molar-refractivity contribution in [2.75, 3.05) is 26.2 Å². The Hall–Kier alpha value is -1.70. The van der Waals surface area contributed by atoms with Crippen LogP contribution in [0.1, 0.15) is 29.0 Å². The normalized spacial score (nSPS) is 23.5. The lowest BCUT2D eigenvalue weighted by atomic mass is 10.1. The van der Waals surface area contributed by atoms with Gasteiger partial charge in [0.05, 0.1) is 17.1 Å². The first-order chi connectivity index (χ1) is 11.7. The van der Waals surface area contributed by atoms with Crippen LogP contribution in [-0.2, 0) is 4.74 Å². The smallest absolute Gasteiger partial charge is 0.257 e. The zero-order valence-corrected chi connectivity index (χ0v) is 14.5. The summed E-state index contributed by atoms with van der Waals surface area (Å²) in [6, 6.07) is 3.89. The van der Waals surface area contributed by atoms with Crippen LogP contribution in [0.5, 0.6) is 0 Å². The molecular formula is C17H21N3O3S. The zero-order chi connectivity index (χ0) is 16.5. The first-order valence-electron chi connectivity index (χ1n) is 8.37. The molecule has 2 saturated heterocycles. The van der Waals surface area contributed by atoms with Crippen LogP contribution in [-0.4, -0.2) is 54.4 Å². The molecule has 2 aromatic heterocycles. The summed E-state index contributed by atoms with van der Waals surface area (Å²) in [6.07, 6.45) is 3.09. The molecule has 0 aliphatic carbocycles. The molecule has 2 atom stereocenters. The first-order valence-corrected chi connectivity index (χ1v) is 9.25. The Labute approximate surface area is 144 Å². The monoisotopic (exact) mass is 347 g/mol. The van der Waals surface area contributed by atoms with Crippen LogP contribution in [0.2, 0.25) is 0 Å². The highest BCUT2D eigenvalue weighted by atomic mass is 32.1. The number of carbonyl (C=O) groups is 1. The van der Waals surface area contributed by atoms with Gasteiger partial charge in [0.2, 0.25) is 0 Å². The predicted octanol–water partition coefficient (Wildman–Crippen LogP) is 2.30. The Morgan fingerprint density at radius 3 is 2.92 bits per heavy atom. The van der Waals surface area contributed by atoms with E-state index in [9.17, 15) is 4.79 Å². The lowest BCUT2D eigenvalue weighted by Crippen LogP contribution is -2.45. The Bertz CT molecular complexity index is 701. The lowest BCUT2D eigenvalue weighted by Gasteiger charge is -2.31.